The van der Waals surface area contributed by atoms with Gasteiger partial charge in [-0.2, -0.15) is 0 Å². The van der Waals surface area contributed by atoms with Gasteiger partial charge in [0, 0.05) is 24.3 Å². The maximum atomic E-state index is 12.3. The lowest BCUT2D eigenvalue weighted by Gasteiger charge is -2.21. The van der Waals surface area contributed by atoms with Crippen molar-refractivity contribution in [3.05, 3.63) is 58.6 Å². The highest BCUT2D eigenvalue weighted by Crippen LogP contribution is 2.23. The van der Waals surface area contributed by atoms with Gasteiger partial charge in [0.05, 0.1) is 10.7 Å². The number of nitrogens with zero attached hydrogens (tertiary/aromatic N) is 1. The van der Waals surface area contributed by atoms with Gasteiger partial charge in [0.15, 0.2) is 0 Å². The number of hydrogen-bond acceptors (Lipinski definition) is 2. The molecule has 0 heterocycles. The summed E-state index contributed by atoms with van der Waals surface area (Å²) in [7, 11) is 0. The molecule has 2 aromatic rings. The Morgan fingerprint density at radius 2 is 1.73 bits per heavy atom. The second-order valence-corrected chi connectivity index (χ2v) is 5.56. The zero-order chi connectivity index (χ0) is 16.1. The molecule has 0 unspecified atom stereocenters. The van der Waals surface area contributed by atoms with Crippen molar-refractivity contribution in [2.75, 3.05) is 23.3 Å². The minimum absolute atomic E-state index is 0.156. The van der Waals surface area contributed by atoms with Crippen LogP contribution in [0.1, 0.15) is 29.8 Å². The molecule has 22 heavy (non-hydrogen) atoms. The van der Waals surface area contributed by atoms with E-state index in [1.807, 2.05) is 49.4 Å². The van der Waals surface area contributed by atoms with Gasteiger partial charge in [-0.3, -0.25) is 4.79 Å². The van der Waals surface area contributed by atoms with Crippen LogP contribution in [0.4, 0.5) is 11.4 Å². The molecule has 2 aromatic carbocycles. The molecule has 2 rings (SSSR count). The molecule has 4 heteroatoms. The van der Waals surface area contributed by atoms with Crippen molar-refractivity contribution in [3.63, 3.8) is 0 Å². The molecule has 0 fully saturated rings. The molecule has 0 aliphatic carbocycles. The zero-order valence-electron chi connectivity index (χ0n) is 13.2. The van der Waals surface area contributed by atoms with Crippen LogP contribution in [0.25, 0.3) is 0 Å². The average molecular weight is 317 g/mol. The number of halogens is 1. The van der Waals surface area contributed by atoms with E-state index in [-0.39, 0.29) is 5.91 Å². The van der Waals surface area contributed by atoms with Crippen molar-refractivity contribution in [1.82, 2.24) is 0 Å². The van der Waals surface area contributed by atoms with E-state index in [0.29, 0.717) is 16.3 Å². The molecule has 0 atom stereocenters. The predicted octanol–water partition coefficient (Wildman–Crippen LogP) is 4.75. The summed E-state index contributed by atoms with van der Waals surface area (Å²) in [5.41, 5.74) is 3.43. The van der Waals surface area contributed by atoms with Crippen molar-refractivity contribution in [1.29, 1.82) is 0 Å². The SMILES string of the molecule is CCN(CC)c1ccc(C(=O)Nc2ccc(C)cc2Cl)cc1. The van der Waals surface area contributed by atoms with Crippen LogP contribution in [0, 0.1) is 6.92 Å². The summed E-state index contributed by atoms with van der Waals surface area (Å²) in [6.07, 6.45) is 0. The number of aryl methyl sites for hydroxylation is 1. The summed E-state index contributed by atoms with van der Waals surface area (Å²) in [6.45, 7) is 8.08. The van der Waals surface area contributed by atoms with E-state index in [1.54, 1.807) is 0 Å². The van der Waals surface area contributed by atoms with Crippen LogP contribution in [0.5, 0.6) is 0 Å². The molecule has 0 aromatic heterocycles. The Bertz CT molecular complexity index is 649. The van der Waals surface area contributed by atoms with Crippen molar-refractivity contribution in [2.45, 2.75) is 20.8 Å². The van der Waals surface area contributed by atoms with Crippen LogP contribution in [0.15, 0.2) is 42.5 Å². The van der Waals surface area contributed by atoms with E-state index in [9.17, 15) is 4.79 Å². The van der Waals surface area contributed by atoms with Crippen LogP contribution < -0.4 is 10.2 Å². The first-order chi connectivity index (χ1) is 10.5. The fraction of sp³-hybridized carbons (Fsp3) is 0.278. The predicted molar refractivity (Wildman–Crippen MR) is 94.1 cm³/mol. The number of carbonyl (C=O) groups excluding carboxylic acids is 1. The van der Waals surface area contributed by atoms with Crippen molar-refractivity contribution < 1.29 is 4.79 Å². The normalized spacial score (nSPS) is 10.4. The van der Waals surface area contributed by atoms with Crippen LogP contribution in [-0.4, -0.2) is 19.0 Å². The topological polar surface area (TPSA) is 32.3 Å². The van der Waals surface area contributed by atoms with Gasteiger partial charge >= 0.3 is 0 Å². The summed E-state index contributed by atoms with van der Waals surface area (Å²) in [4.78, 5) is 14.5. The third kappa shape index (κ3) is 3.80. The number of rotatable bonds is 5. The quantitative estimate of drug-likeness (QED) is 0.863. The standard InChI is InChI=1S/C18H21ClN2O/c1-4-21(5-2)15-9-7-14(8-10-15)18(22)20-17-11-6-13(3)12-16(17)19/h6-12H,4-5H2,1-3H3,(H,20,22). The first-order valence-electron chi connectivity index (χ1n) is 7.47. The van der Waals surface area contributed by atoms with E-state index in [4.69, 9.17) is 11.6 Å². The first kappa shape index (κ1) is 16.4. The van der Waals surface area contributed by atoms with Gasteiger partial charge in [0.1, 0.15) is 0 Å². The minimum atomic E-state index is -0.156. The molecule has 0 saturated heterocycles. The Morgan fingerprint density at radius 1 is 1.09 bits per heavy atom. The molecular weight excluding hydrogens is 296 g/mol. The summed E-state index contributed by atoms with van der Waals surface area (Å²) >= 11 is 6.14. The molecule has 1 amide bonds. The summed E-state index contributed by atoms with van der Waals surface area (Å²) < 4.78 is 0. The molecule has 0 spiro atoms. The van der Waals surface area contributed by atoms with E-state index in [0.717, 1.165) is 24.3 Å². The zero-order valence-corrected chi connectivity index (χ0v) is 13.9. The largest absolute Gasteiger partial charge is 0.372 e. The van der Waals surface area contributed by atoms with Gasteiger partial charge < -0.3 is 10.2 Å². The Labute approximate surface area is 136 Å². The number of nitrogens with one attached hydrogen (secondary N) is 1. The third-order valence-corrected chi connectivity index (χ3v) is 3.94. The average Bonchev–Trinajstić information content (AvgIpc) is 2.52. The van der Waals surface area contributed by atoms with Gasteiger partial charge in [-0.15, -0.1) is 0 Å². The fourth-order valence-corrected chi connectivity index (χ4v) is 2.61. The van der Waals surface area contributed by atoms with Gasteiger partial charge in [-0.1, -0.05) is 17.7 Å². The Balaban J connectivity index is 2.13. The summed E-state index contributed by atoms with van der Waals surface area (Å²) in [5.74, 6) is -0.156. The van der Waals surface area contributed by atoms with Crippen LogP contribution in [0.3, 0.4) is 0 Å². The first-order valence-corrected chi connectivity index (χ1v) is 7.85. The number of amides is 1. The van der Waals surface area contributed by atoms with E-state index < -0.39 is 0 Å². The van der Waals surface area contributed by atoms with E-state index in [2.05, 4.69) is 24.1 Å². The minimum Gasteiger partial charge on any atom is -0.372 e. The maximum Gasteiger partial charge on any atom is 0.255 e. The highest BCUT2D eigenvalue weighted by atomic mass is 35.5. The lowest BCUT2D eigenvalue weighted by Crippen LogP contribution is -2.21. The summed E-state index contributed by atoms with van der Waals surface area (Å²) in [5, 5.41) is 3.40. The molecule has 0 aliphatic rings. The van der Waals surface area contributed by atoms with Crippen LogP contribution >= 0.6 is 11.6 Å². The van der Waals surface area contributed by atoms with Gasteiger partial charge in [0.2, 0.25) is 0 Å². The number of anilines is 2. The molecule has 0 saturated carbocycles. The van der Waals surface area contributed by atoms with Crippen LogP contribution in [-0.2, 0) is 0 Å². The van der Waals surface area contributed by atoms with Crippen molar-refractivity contribution >= 4 is 28.9 Å². The molecular formula is C18H21ClN2O. The number of carbonyl (C=O) groups is 1. The molecule has 1 N–H and O–H groups in total. The number of benzene rings is 2. The maximum absolute atomic E-state index is 12.3. The van der Waals surface area contributed by atoms with Gasteiger partial charge in [0.25, 0.3) is 5.91 Å². The highest BCUT2D eigenvalue weighted by molar-refractivity contribution is 6.34. The Hall–Kier alpha value is -2.00. The van der Waals surface area contributed by atoms with E-state index in [1.165, 1.54) is 0 Å². The third-order valence-electron chi connectivity index (χ3n) is 3.63. The second kappa shape index (κ2) is 7.32. The van der Waals surface area contributed by atoms with Crippen molar-refractivity contribution in [2.24, 2.45) is 0 Å². The lowest BCUT2D eigenvalue weighted by molar-refractivity contribution is 0.102. The lowest BCUT2D eigenvalue weighted by atomic mass is 10.1. The second-order valence-electron chi connectivity index (χ2n) is 5.16. The Morgan fingerprint density at radius 3 is 2.27 bits per heavy atom. The monoisotopic (exact) mass is 316 g/mol. The fourth-order valence-electron chi connectivity index (χ4n) is 2.33. The molecule has 0 bridgehead atoms. The van der Waals surface area contributed by atoms with Gasteiger partial charge in [-0.05, 0) is 62.7 Å². The molecule has 3 nitrogen and oxygen atoms in total. The van der Waals surface area contributed by atoms with E-state index >= 15 is 0 Å². The number of hydrogen-bond donors (Lipinski definition) is 1. The molecule has 0 aliphatic heterocycles. The van der Waals surface area contributed by atoms with Crippen molar-refractivity contribution in [3.8, 4) is 0 Å². The highest BCUT2D eigenvalue weighted by Gasteiger charge is 2.09. The Kier molecular flexibility index (Phi) is 5.45. The molecule has 116 valence electrons. The summed E-state index contributed by atoms with van der Waals surface area (Å²) in [6, 6.07) is 13.2. The van der Waals surface area contributed by atoms with Crippen LogP contribution in [0.2, 0.25) is 5.02 Å². The van der Waals surface area contributed by atoms with Gasteiger partial charge in [-0.25, -0.2) is 0 Å². The smallest absolute Gasteiger partial charge is 0.255 e. The molecule has 0 radical (unpaired) electrons.